The van der Waals surface area contributed by atoms with Crippen LogP contribution >= 0.6 is 0 Å². The number of hydrogen-bond donors (Lipinski definition) is 1. The lowest BCUT2D eigenvalue weighted by Gasteiger charge is -2.35. The van der Waals surface area contributed by atoms with E-state index in [4.69, 9.17) is 4.42 Å². The molecule has 1 aliphatic heterocycles. The van der Waals surface area contributed by atoms with E-state index in [2.05, 4.69) is 26.1 Å². The largest absolute Gasteiger partial charge is 0.464 e. The van der Waals surface area contributed by atoms with Gasteiger partial charge in [-0.2, -0.15) is 5.10 Å². The van der Waals surface area contributed by atoms with Gasteiger partial charge in [-0.3, -0.25) is 14.8 Å². The van der Waals surface area contributed by atoms with Crippen molar-refractivity contribution in [1.82, 2.24) is 20.0 Å². The molecule has 2 fully saturated rings. The summed E-state index contributed by atoms with van der Waals surface area (Å²) in [5.74, 6) is 2.99. The zero-order chi connectivity index (χ0) is 18.1. The highest BCUT2D eigenvalue weighted by Crippen LogP contribution is 2.29. The molecule has 2 aromatic heterocycles. The number of anilines is 1. The molecule has 1 amide bonds. The number of aromatic nitrogens is 2. The first-order chi connectivity index (χ1) is 12.6. The third-order valence-corrected chi connectivity index (χ3v) is 5.18. The number of piperazine rings is 1. The number of nitrogens with one attached hydrogen (secondary N) is 1. The van der Waals surface area contributed by atoms with Crippen molar-refractivity contribution in [2.45, 2.75) is 39.3 Å². The average Bonchev–Trinajstić information content (AvgIpc) is 3.24. The van der Waals surface area contributed by atoms with E-state index in [0.29, 0.717) is 19.1 Å². The van der Waals surface area contributed by atoms with Crippen LogP contribution in [0, 0.1) is 13.8 Å². The first-order valence-corrected chi connectivity index (χ1v) is 9.42. The van der Waals surface area contributed by atoms with E-state index in [9.17, 15) is 4.79 Å². The van der Waals surface area contributed by atoms with E-state index >= 15 is 0 Å². The van der Waals surface area contributed by atoms with Crippen LogP contribution < -0.4 is 4.90 Å². The maximum Gasteiger partial charge on any atom is 0.237 e. The number of nitrogens with zero attached hydrogens (tertiary/aromatic N) is 4. The fourth-order valence-corrected chi connectivity index (χ4v) is 3.53. The number of aryl methyl sites for hydroxylation is 2. The first kappa shape index (κ1) is 17.1. The Balaban J connectivity index is 1.31. The fraction of sp³-hybridized carbons (Fsp3) is 0.579. The van der Waals surface area contributed by atoms with E-state index in [1.165, 1.54) is 0 Å². The first-order valence-electron chi connectivity index (χ1n) is 9.42. The van der Waals surface area contributed by atoms with E-state index in [1.54, 1.807) is 0 Å². The minimum Gasteiger partial charge on any atom is -0.464 e. The fourth-order valence-electron chi connectivity index (χ4n) is 3.53. The zero-order valence-electron chi connectivity index (χ0n) is 15.6. The summed E-state index contributed by atoms with van der Waals surface area (Å²) < 4.78 is 5.67. The van der Waals surface area contributed by atoms with E-state index < -0.39 is 0 Å². The lowest BCUT2D eigenvalue weighted by molar-refractivity contribution is -0.134. The Labute approximate surface area is 153 Å². The molecule has 1 aliphatic carbocycles. The Morgan fingerprint density at radius 3 is 2.62 bits per heavy atom. The minimum absolute atomic E-state index is 0.214. The molecule has 1 N–H and O–H groups in total. The molecule has 0 aromatic carbocycles. The van der Waals surface area contributed by atoms with Gasteiger partial charge < -0.3 is 14.2 Å². The van der Waals surface area contributed by atoms with E-state index in [1.807, 2.05) is 30.9 Å². The van der Waals surface area contributed by atoms with Gasteiger partial charge in [-0.1, -0.05) is 0 Å². The number of carbonyl (C=O) groups excluding carboxylic acids is 1. The second-order valence-electron chi connectivity index (χ2n) is 7.44. The highest BCUT2D eigenvalue weighted by Gasteiger charge is 2.34. The van der Waals surface area contributed by atoms with Gasteiger partial charge in [-0.25, -0.2) is 0 Å². The van der Waals surface area contributed by atoms with Crippen LogP contribution in [0.25, 0.3) is 0 Å². The van der Waals surface area contributed by atoms with Gasteiger partial charge in [0, 0.05) is 44.0 Å². The molecule has 2 aliphatic rings. The van der Waals surface area contributed by atoms with Gasteiger partial charge in [0.2, 0.25) is 5.91 Å². The average molecular weight is 357 g/mol. The van der Waals surface area contributed by atoms with Crippen molar-refractivity contribution in [3.05, 3.63) is 35.4 Å². The summed E-state index contributed by atoms with van der Waals surface area (Å²) >= 11 is 0. The molecule has 0 radical (unpaired) electrons. The summed E-state index contributed by atoms with van der Waals surface area (Å²) in [6, 6.07) is 6.39. The predicted octanol–water partition coefficient (Wildman–Crippen LogP) is 1.93. The van der Waals surface area contributed by atoms with Crippen molar-refractivity contribution in [3.63, 3.8) is 0 Å². The van der Waals surface area contributed by atoms with Gasteiger partial charge >= 0.3 is 0 Å². The molecule has 0 spiro atoms. The Morgan fingerprint density at radius 2 is 2.04 bits per heavy atom. The summed E-state index contributed by atoms with van der Waals surface area (Å²) in [6.07, 6.45) is 2.22. The van der Waals surface area contributed by atoms with E-state index in [-0.39, 0.29) is 5.91 Å². The topological polar surface area (TPSA) is 68.6 Å². The van der Waals surface area contributed by atoms with E-state index in [0.717, 1.165) is 62.1 Å². The van der Waals surface area contributed by atoms with Crippen LogP contribution in [0.5, 0.6) is 0 Å². The molecule has 2 aromatic rings. The Hall–Kier alpha value is -2.28. The standard InChI is InChI=1S/C19H27N5O2/c1-14-11-18(21-20-14)23-9-7-22(8-10-23)13-19(25)24(16-4-5-16)12-17-6-3-15(2)26-17/h3,6,11,16H,4-5,7-10,12-13H2,1-2H3,(H,20,21). The van der Waals surface area contributed by atoms with Gasteiger partial charge in [0.1, 0.15) is 11.5 Å². The van der Waals surface area contributed by atoms with Crippen molar-refractivity contribution in [3.8, 4) is 0 Å². The van der Waals surface area contributed by atoms with Gasteiger partial charge in [-0.05, 0) is 38.8 Å². The molecule has 3 heterocycles. The molecular weight excluding hydrogens is 330 g/mol. The molecule has 0 unspecified atom stereocenters. The normalized spacial score (nSPS) is 18.3. The Morgan fingerprint density at radius 1 is 1.27 bits per heavy atom. The highest BCUT2D eigenvalue weighted by molar-refractivity contribution is 5.79. The minimum atomic E-state index is 0.214. The van der Waals surface area contributed by atoms with Gasteiger partial charge in [-0.15, -0.1) is 0 Å². The number of furan rings is 1. The highest BCUT2D eigenvalue weighted by atomic mass is 16.3. The Kier molecular flexibility index (Phi) is 4.72. The summed E-state index contributed by atoms with van der Waals surface area (Å²) in [7, 11) is 0. The maximum atomic E-state index is 12.9. The van der Waals surface area contributed by atoms with Crippen molar-refractivity contribution < 1.29 is 9.21 Å². The molecule has 26 heavy (non-hydrogen) atoms. The smallest absolute Gasteiger partial charge is 0.237 e. The summed E-state index contributed by atoms with van der Waals surface area (Å²) in [4.78, 5) is 19.4. The zero-order valence-corrected chi connectivity index (χ0v) is 15.6. The van der Waals surface area contributed by atoms with Crippen LogP contribution in [0.15, 0.2) is 22.6 Å². The number of H-pyrrole nitrogens is 1. The SMILES string of the molecule is Cc1cc(N2CCN(CC(=O)N(Cc3ccc(C)o3)C3CC3)CC2)n[nH]1. The molecule has 1 saturated carbocycles. The quantitative estimate of drug-likeness (QED) is 0.856. The second kappa shape index (κ2) is 7.15. The van der Waals surface area contributed by atoms with Crippen LogP contribution in [0.3, 0.4) is 0 Å². The molecule has 7 heteroatoms. The lowest BCUT2D eigenvalue weighted by atomic mass is 10.3. The molecule has 7 nitrogen and oxygen atoms in total. The third-order valence-electron chi connectivity index (χ3n) is 5.18. The van der Waals surface area contributed by atoms with Gasteiger partial charge in [0.25, 0.3) is 0 Å². The van der Waals surface area contributed by atoms with Gasteiger partial charge in [0.15, 0.2) is 5.82 Å². The molecule has 0 bridgehead atoms. The molecule has 4 rings (SSSR count). The van der Waals surface area contributed by atoms with Crippen molar-refractivity contribution in [1.29, 1.82) is 0 Å². The summed E-state index contributed by atoms with van der Waals surface area (Å²) in [6.45, 7) is 8.60. The second-order valence-corrected chi connectivity index (χ2v) is 7.44. The van der Waals surface area contributed by atoms with Crippen LogP contribution in [0.4, 0.5) is 5.82 Å². The molecule has 0 atom stereocenters. The number of carbonyl (C=O) groups is 1. The molecular formula is C19H27N5O2. The van der Waals surface area contributed by atoms with Crippen LogP contribution in [-0.2, 0) is 11.3 Å². The summed E-state index contributed by atoms with van der Waals surface area (Å²) in [5.41, 5.74) is 1.07. The van der Waals surface area contributed by atoms with Crippen LogP contribution in [0.1, 0.15) is 30.1 Å². The third kappa shape index (κ3) is 3.93. The maximum absolute atomic E-state index is 12.9. The van der Waals surface area contributed by atoms with Crippen LogP contribution in [-0.4, -0.2) is 64.7 Å². The number of aromatic amines is 1. The monoisotopic (exact) mass is 357 g/mol. The van der Waals surface area contributed by atoms with Crippen molar-refractivity contribution >= 4 is 11.7 Å². The number of amides is 1. The summed E-state index contributed by atoms with van der Waals surface area (Å²) in [5, 5.41) is 7.32. The number of hydrogen-bond acceptors (Lipinski definition) is 5. The lowest BCUT2D eigenvalue weighted by Crippen LogP contribution is -2.50. The van der Waals surface area contributed by atoms with Crippen molar-refractivity contribution in [2.24, 2.45) is 0 Å². The van der Waals surface area contributed by atoms with Gasteiger partial charge in [0.05, 0.1) is 13.1 Å². The number of rotatable bonds is 6. The predicted molar refractivity (Wildman–Crippen MR) is 99.0 cm³/mol. The Bertz CT molecular complexity index is 756. The van der Waals surface area contributed by atoms with Crippen LogP contribution in [0.2, 0.25) is 0 Å². The van der Waals surface area contributed by atoms with Crippen molar-refractivity contribution in [2.75, 3.05) is 37.6 Å². The molecule has 140 valence electrons. The molecule has 1 saturated heterocycles.